The van der Waals surface area contributed by atoms with E-state index in [4.69, 9.17) is 0 Å². The molecule has 1 atom stereocenters. The topological polar surface area (TPSA) is 40.6 Å². The molecule has 2 aromatic rings. The minimum atomic E-state index is -3.53. The van der Waals surface area contributed by atoms with Crippen molar-refractivity contribution >= 4 is 21.4 Å². The van der Waals surface area contributed by atoms with E-state index in [9.17, 15) is 8.42 Å². The van der Waals surface area contributed by atoms with Gasteiger partial charge in [0.15, 0.2) is 0 Å². The molecular formula is C19H22N2O2S. The van der Waals surface area contributed by atoms with Gasteiger partial charge in [0, 0.05) is 24.8 Å². The van der Waals surface area contributed by atoms with Crippen LogP contribution in [0.15, 0.2) is 53.4 Å². The Morgan fingerprint density at radius 1 is 0.958 bits per heavy atom. The van der Waals surface area contributed by atoms with Crippen LogP contribution in [-0.2, 0) is 16.4 Å². The highest BCUT2D eigenvalue weighted by molar-refractivity contribution is 7.92. The zero-order chi connectivity index (χ0) is 16.7. The summed E-state index contributed by atoms with van der Waals surface area (Å²) >= 11 is 0. The van der Waals surface area contributed by atoms with Crippen LogP contribution in [0.4, 0.5) is 11.4 Å². The number of anilines is 2. The monoisotopic (exact) mass is 342 g/mol. The molecule has 2 heterocycles. The van der Waals surface area contributed by atoms with Gasteiger partial charge in [-0.3, -0.25) is 4.31 Å². The van der Waals surface area contributed by atoms with E-state index in [1.807, 2.05) is 43.3 Å². The molecule has 0 radical (unpaired) electrons. The van der Waals surface area contributed by atoms with E-state index in [-0.39, 0.29) is 6.04 Å². The van der Waals surface area contributed by atoms with Gasteiger partial charge in [0.05, 0.1) is 10.6 Å². The SMILES string of the molecule is CC1Cc2ccccc2N1S(=O)(=O)c1ccc(N2CCCC2)cc1. The molecule has 0 spiro atoms. The van der Waals surface area contributed by atoms with Crippen molar-refractivity contribution < 1.29 is 8.42 Å². The normalized spacial score (nSPS) is 20.5. The van der Waals surface area contributed by atoms with E-state index in [0.717, 1.165) is 36.4 Å². The number of rotatable bonds is 3. The van der Waals surface area contributed by atoms with Crippen LogP contribution in [0.5, 0.6) is 0 Å². The Labute approximate surface area is 143 Å². The van der Waals surface area contributed by atoms with Gasteiger partial charge in [-0.15, -0.1) is 0 Å². The maximum Gasteiger partial charge on any atom is 0.264 e. The van der Waals surface area contributed by atoms with Gasteiger partial charge in [-0.25, -0.2) is 8.42 Å². The van der Waals surface area contributed by atoms with Crippen molar-refractivity contribution in [2.24, 2.45) is 0 Å². The molecule has 0 amide bonds. The lowest BCUT2D eigenvalue weighted by molar-refractivity contribution is 0.584. The number of sulfonamides is 1. The fourth-order valence-corrected chi connectivity index (χ4v) is 5.51. The maximum atomic E-state index is 13.2. The quantitative estimate of drug-likeness (QED) is 0.858. The fourth-order valence-electron chi connectivity index (χ4n) is 3.82. The summed E-state index contributed by atoms with van der Waals surface area (Å²) in [6.45, 7) is 4.08. The lowest BCUT2D eigenvalue weighted by atomic mass is 10.1. The molecule has 0 aliphatic carbocycles. The molecule has 4 rings (SSSR count). The van der Waals surface area contributed by atoms with E-state index >= 15 is 0 Å². The van der Waals surface area contributed by atoms with Crippen molar-refractivity contribution in [3.05, 3.63) is 54.1 Å². The molecule has 0 aromatic heterocycles. The molecule has 2 aromatic carbocycles. The summed E-state index contributed by atoms with van der Waals surface area (Å²) in [5.74, 6) is 0. The Morgan fingerprint density at radius 3 is 2.33 bits per heavy atom. The minimum Gasteiger partial charge on any atom is -0.372 e. The van der Waals surface area contributed by atoms with Crippen LogP contribution < -0.4 is 9.21 Å². The van der Waals surface area contributed by atoms with E-state index in [1.165, 1.54) is 12.8 Å². The summed E-state index contributed by atoms with van der Waals surface area (Å²) in [6, 6.07) is 15.1. The summed E-state index contributed by atoms with van der Waals surface area (Å²) in [5.41, 5.74) is 3.03. The third kappa shape index (κ3) is 2.47. The van der Waals surface area contributed by atoms with Crippen molar-refractivity contribution in [3.63, 3.8) is 0 Å². The Balaban J connectivity index is 1.68. The fraction of sp³-hybridized carbons (Fsp3) is 0.368. The standard InChI is InChI=1S/C19H22N2O2S/c1-15-14-16-6-2-3-7-19(16)21(15)24(22,23)18-10-8-17(9-11-18)20-12-4-5-13-20/h2-3,6-11,15H,4-5,12-14H2,1H3. The molecule has 2 aliphatic rings. The number of hydrogen-bond acceptors (Lipinski definition) is 3. The Morgan fingerprint density at radius 2 is 1.62 bits per heavy atom. The zero-order valence-corrected chi connectivity index (χ0v) is 14.7. The molecule has 0 saturated carbocycles. The molecule has 0 N–H and O–H groups in total. The third-order valence-corrected chi connectivity index (χ3v) is 6.95. The highest BCUT2D eigenvalue weighted by Crippen LogP contribution is 2.36. The van der Waals surface area contributed by atoms with Crippen LogP contribution in [-0.4, -0.2) is 27.5 Å². The number of nitrogens with zero attached hydrogens (tertiary/aromatic N) is 2. The van der Waals surface area contributed by atoms with Gasteiger partial charge in [0.2, 0.25) is 0 Å². The summed E-state index contributed by atoms with van der Waals surface area (Å²) in [5, 5.41) is 0. The highest BCUT2D eigenvalue weighted by atomic mass is 32.2. The molecule has 5 heteroatoms. The van der Waals surface area contributed by atoms with Crippen molar-refractivity contribution in [2.45, 2.75) is 37.1 Å². The lowest BCUT2D eigenvalue weighted by Crippen LogP contribution is -2.35. The predicted octanol–water partition coefficient (Wildman–Crippen LogP) is 3.43. The molecule has 4 nitrogen and oxygen atoms in total. The minimum absolute atomic E-state index is 0.0503. The van der Waals surface area contributed by atoms with Gasteiger partial charge in [-0.05, 0) is 62.1 Å². The van der Waals surface area contributed by atoms with Crippen LogP contribution in [0.2, 0.25) is 0 Å². The zero-order valence-electron chi connectivity index (χ0n) is 13.9. The first kappa shape index (κ1) is 15.5. The first-order valence-corrected chi connectivity index (χ1v) is 9.99. The molecule has 1 fully saturated rings. The van der Waals surface area contributed by atoms with Crippen LogP contribution >= 0.6 is 0 Å². The molecule has 0 bridgehead atoms. The van der Waals surface area contributed by atoms with E-state index in [0.29, 0.717) is 4.90 Å². The van der Waals surface area contributed by atoms with Gasteiger partial charge in [-0.2, -0.15) is 0 Å². The first-order valence-electron chi connectivity index (χ1n) is 8.55. The largest absolute Gasteiger partial charge is 0.372 e. The highest BCUT2D eigenvalue weighted by Gasteiger charge is 2.35. The molecule has 2 aliphatic heterocycles. The molecule has 24 heavy (non-hydrogen) atoms. The van der Waals surface area contributed by atoms with Crippen LogP contribution in [0.1, 0.15) is 25.3 Å². The Kier molecular flexibility index (Phi) is 3.76. The second-order valence-corrected chi connectivity index (χ2v) is 8.49. The first-order chi connectivity index (χ1) is 11.6. The van der Waals surface area contributed by atoms with Gasteiger partial charge >= 0.3 is 0 Å². The van der Waals surface area contributed by atoms with Gasteiger partial charge in [0.25, 0.3) is 10.0 Å². The van der Waals surface area contributed by atoms with Crippen LogP contribution in [0.25, 0.3) is 0 Å². The maximum absolute atomic E-state index is 13.2. The predicted molar refractivity (Wildman–Crippen MR) is 97.2 cm³/mol. The van der Waals surface area contributed by atoms with Crippen molar-refractivity contribution in [1.82, 2.24) is 0 Å². The van der Waals surface area contributed by atoms with Crippen molar-refractivity contribution in [3.8, 4) is 0 Å². The average Bonchev–Trinajstić information content (AvgIpc) is 3.21. The number of para-hydroxylation sites is 1. The summed E-state index contributed by atoms with van der Waals surface area (Å²) in [4.78, 5) is 2.68. The smallest absolute Gasteiger partial charge is 0.264 e. The van der Waals surface area contributed by atoms with Gasteiger partial charge in [0.1, 0.15) is 0 Å². The summed E-state index contributed by atoms with van der Waals surface area (Å²) in [7, 11) is -3.53. The van der Waals surface area contributed by atoms with Gasteiger partial charge < -0.3 is 4.90 Å². The molecular weight excluding hydrogens is 320 g/mol. The van der Waals surface area contributed by atoms with Crippen LogP contribution in [0.3, 0.4) is 0 Å². The van der Waals surface area contributed by atoms with E-state index < -0.39 is 10.0 Å². The van der Waals surface area contributed by atoms with E-state index in [2.05, 4.69) is 4.90 Å². The van der Waals surface area contributed by atoms with Crippen molar-refractivity contribution in [2.75, 3.05) is 22.3 Å². The average molecular weight is 342 g/mol. The second kappa shape index (κ2) is 5.81. The summed E-state index contributed by atoms with van der Waals surface area (Å²) < 4.78 is 27.9. The van der Waals surface area contributed by atoms with Crippen LogP contribution in [0, 0.1) is 0 Å². The Hall–Kier alpha value is -2.01. The molecule has 1 saturated heterocycles. The van der Waals surface area contributed by atoms with E-state index in [1.54, 1.807) is 16.4 Å². The second-order valence-electron chi connectivity index (χ2n) is 6.67. The Bertz CT molecular complexity index is 840. The number of benzene rings is 2. The third-order valence-electron chi connectivity index (χ3n) is 5.01. The summed E-state index contributed by atoms with van der Waals surface area (Å²) in [6.07, 6.45) is 3.19. The lowest BCUT2D eigenvalue weighted by Gasteiger charge is -2.25. The number of fused-ring (bicyclic) bond motifs is 1. The van der Waals surface area contributed by atoms with Gasteiger partial charge in [-0.1, -0.05) is 18.2 Å². The molecule has 1 unspecified atom stereocenters. The van der Waals surface area contributed by atoms with Crippen molar-refractivity contribution in [1.29, 1.82) is 0 Å². The number of hydrogen-bond donors (Lipinski definition) is 0. The molecule has 126 valence electrons.